The number of likely N-dealkylation sites (N-methyl/N-ethyl adjacent to an activating group) is 1. The molecule has 0 saturated carbocycles. The summed E-state index contributed by atoms with van der Waals surface area (Å²) in [6.07, 6.45) is 0. The van der Waals surface area contributed by atoms with Crippen LogP contribution in [0.15, 0.2) is 29.6 Å². The van der Waals surface area contributed by atoms with E-state index < -0.39 is 0 Å². The molecule has 156 valence electrons. The third-order valence-corrected chi connectivity index (χ3v) is 6.75. The van der Waals surface area contributed by atoms with Gasteiger partial charge in [0.05, 0.1) is 19.3 Å². The van der Waals surface area contributed by atoms with Crippen molar-refractivity contribution in [1.29, 1.82) is 0 Å². The van der Waals surface area contributed by atoms with Crippen molar-refractivity contribution in [3.05, 3.63) is 40.9 Å². The molecule has 0 radical (unpaired) electrons. The molecule has 2 aliphatic rings. The van der Waals surface area contributed by atoms with Crippen LogP contribution in [0.5, 0.6) is 5.75 Å². The van der Waals surface area contributed by atoms with Gasteiger partial charge in [0.25, 0.3) is 0 Å². The highest BCUT2D eigenvalue weighted by molar-refractivity contribution is 7.03. The fourth-order valence-corrected chi connectivity index (χ4v) is 4.92. The van der Waals surface area contributed by atoms with E-state index in [4.69, 9.17) is 4.74 Å². The zero-order valence-corrected chi connectivity index (χ0v) is 18.0. The molecule has 8 heteroatoms. The maximum absolute atomic E-state index is 13.1. The Kier molecular flexibility index (Phi) is 6.42. The number of carbonyl (C=O) groups excluding carboxylic acids is 1. The highest BCUT2D eigenvalue weighted by Gasteiger charge is 2.39. The Balaban J connectivity index is 1.47. The number of benzene rings is 1. The van der Waals surface area contributed by atoms with Gasteiger partial charge >= 0.3 is 0 Å². The van der Waals surface area contributed by atoms with Gasteiger partial charge in [0.15, 0.2) is 0 Å². The first-order valence-corrected chi connectivity index (χ1v) is 11.1. The van der Waals surface area contributed by atoms with Crippen LogP contribution < -0.4 is 4.74 Å². The number of nitrogens with zero attached hydrogens (tertiary/aromatic N) is 5. The second kappa shape index (κ2) is 9.19. The zero-order chi connectivity index (χ0) is 20.2. The van der Waals surface area contributed by atoms with Crippen molar-refractivity contribution in [2.45, 2.75) is 18.8 Å². The molecular formula is C21H29N5O2S. The lowest BCUT2D eigenvalue weighted by atomic mass is 9.87. The molecule has 2 atom stereocenters. The van der Waals surface area contributed by atoms with Crippen LogP contribution in [0.1, 0.15) is 30.0 Å². The molecular weight excluding hydrogens is 386 g/mol. The van der Waals surface area contributed by atoms with Crippen molar-refractivity contribution in [2.24, 2.45) is 0 Å². The fourth-order valence-electron chi connectivity index (χ4n) is 4.41. The Bertz CT molecular complexity index is 807. The molecule has 2 aliphatic heterocycles. The van der Waals surface area contributed by atoms with Gasteiger partial charge < -0.3 is 14.5 Å². The lowest BCUT2D eigenvalue weighted by Gasteiger charge is -2.34. The number of ether oxygens (including phenoxy) is 1. The lowest BCUT2D eigenvalue weighted by molar-refractivity contribution is -0.131. The van der Waals surface area contributed by atoms with Gasteiger partial charge in [-0.15, -0.1) is 5.10 Å². The summed E-state index contributed by atoms with van der Waals surface area (Å²) in [5, 5.41) is 6.34. The van der Waals surface area contributed by atoms with E-state index in [0.717, 1.165) is 44.2 Å². The maximum atomic E-state index is 13.1. The van der Waals surface area contributed by atoms with Crippen molar-refractivity contribution in [3.8, 4) is 5.75 Å². The van der Waals surface area contributed by atoms with Gasteiger partial charge in [-0.1, -0.05) is 23.5 Å². The fraction of sp³-hybridized carbons (Fsp3) is 0.571. The summed E-state index contributed by atoms with van der Waals surface area (Å²) in [6, 6.07) is 8.17. The molecule has 29 heavy (non-hydrogen) atoms. The van der Waals surface area contributed by atoms with Crippen molar-refractivity contribution in [2.75, 3.05) is 59.5 Å². The van der Waals surface area contributed by atoms with Crippen LogP contribution in [0.3, 0.4) is 0 Å². The highest BCUT2D eigenvalue weighted by atomic mass is 32.1. The molecule has 0 unspecified atom stereocenters. The number of aromatic nitrogens is 2. The number of piperazine rings is 1. The van der Waals surface area contributed by atoms with Crippen LogP contribution in [0.4, 0.5) is 0 Å². The summed E-state index contributed by atoms with van der Waals surface area (Å²) < 4.78 is 9.47. The summed E-state index contributed by atoms with van der Waals surface area (Å²) in [4.78, 5) is 19.8. The van der Waals surface area contributed by atoms with E-state index in [9.17, 15) is 4.79 Å². The SMILES string of the molecule is CCN1CCN(CC(=O)N2C[C@@H](c3cccc(OC)c3)[C@H](c3csnn3)C2)CC1. The van der Waals surface area contributed by atoms with Crippen LogP contribution in [-0.2, 0) is 4.79 Å². The molecule has 1 amide bonds. The first-order chi connectivity index (χ1) is 14.2. The molecule has 2 aromatic rings. The van der Waals surface area contributed by atoms with E-state index in [1.807, 2.05) is 22.4 Å². The van der Waals surface area contributed by atoms with E-state index in [-0.39, 0.29) is 17.7 Å². The minimum Gasteiger partial charge on any atom is -0.497 e. The van der Waals surface area contributed by atoms with Gasteiger partial charge in [0.1, 0.15) is 5.75 Å². The minimum atomic E-state index is 0.168. The third kappa shape index (κ3) is 4.60. The van der Waals surface area contributed by atoms with Gasteiger partial charge in [0, 0.05) is 56.5 Å². The second-order valence-electron chi connectivity index (χ2n) is 7.83. The standard InChI is InChI=1S/C21H29N5O2S/c1-3-24-7-9-25(10-8-24)14-21(27)26-12-18(16-5-4-6-17(11-16)28-2)19(13-26)20-15-29-23-22-20/h4-6,11,15,18-19H,3,7-10,12-14H2,1-2H3/t18-,19+/m0/s1. The van der Waals surface area contributed by atoms with Crippen LogP contribution in [0, 0.1) is 0 Å². The van der Waals surface area contributed by atoms with Crippen LogP contribution in [0.25, 0.3) is 0 Å². The first kappa shape index (κ1) is 20.3. The molecule has 0 aliphatic carbocycles. The first-order valence-electron chi connectivity index (χ1n) is 10.3. The number of carbonyl (C=O) groups is 1. The Hall–Kier alpha value is -2.03. The predicted molar refractivity (Wildman–Crippen MR) is 114 cm³/mol. The van der Waals surface area contributed by atoms with Crippen molar-refractivity contribution >= 4 is 17.4 Å². The normalized spacial score (nSPS) is 23.4. The van der Waals surface area contributed by atoms with Crippen molar-refractivity contribution in [1.82, 2.24) is 24.3 Å². The Morgan fingerprint density at radius 1 is 1.17 bits per heavy atom. The topological polar surface area (TPSA) is 61.8 Å². The molecule has 1 aromatic heterocycles. The molecule has 3 heterocycles. The van der Waals surface area contributed by atoms with Gasteiger partial charge in [-0.05, 0) is 35.8 Å². The summed E-state index contributed by atoms with van der Waals surface area (Å²) in [5.74, 6) is 1.43. The average molecular weight is 416 g/mol. The van der Waals surface area contributed by atoms with E-state index in [1.165, 1.54) is 17.1 Å². The van der Waals surface area contributed by atoms with E-state index in [0.29, 0.717) is 19.6 Å². The number of hydrogen-bond donors (Lipinski definition) is 0. The number of rotatable bonds is 6. The summed E-state index contributed by atoms with van der Waals surface area (Å²) in [6.45, 7) is 9.20. The summed E-state index contributed by atoms with van der Waals surface area (Å²) in [5.41, 5.74) is 2.17. The molecule has 2 fully saturated rings. The van der Waals surface area contributed by atoms with E-state index in [1.54, 1.807) is 7.11 Å². The highest BCUT2D eigenvalue weighted by Crippen LogP contribution is 2.40. The molecule has 7 nitrogen and oxygen atoms in total. The minimum absolute atomic E-state index is 0.168. The smallest absolute Gasteiger partial charge is 0.236 e. The molecule has 0 bridgehead atoms. The molecule has 1 aromatic carbocycles. The van der Waals surface area contributed by atoms with Gasteiger partial charge in [-0.3, -0.25) is 9.69 Å². The van der Waals surface area contributed by atoms with Gasteiger partial charge in [-0.25, -0.2) is 0 Å². The third-order valence-electron chi connectivity index (χ3n) is 6.22. The van der Waals surface area contributed by atoms with Crippen LogP contribution in [-0.4, -0.2) is 89.7 Å². The number of hydrogen-bond acceptors (Lipinski definition) is 7. The quantitative estimate of drug-likeness (QED) is 0.718. The lowest BCUT2D eigenvalue weighted by Crippen LogP contribution is -2.49. The van der Waals surface area contributed by atoms with Crippen LogP contribution >= 0.6 is 11.5 Å². The van der Waals surface area contributed by atoms with Gasteiger partial charge in [-0.2, -0.15) is 0 Å². The predicted octanol–water partition coefficient (Wildman–Crippen LogP) is 1.89. The largest absolute Gasteiger partial charge is 0.497 e. The Labute approximate surface area is 176 Å². The van der Waals surface area contributed by atoms with E-state index >= 15 is 0 Å². The van der Waals surface area contributed by atoms with E-state index in [2.05, 4.69) is 38.4 Å². The van der Waals surface area contributed by atoms with Crippen molar-refractivity contribution in [3.63, 3.8) is 0 Å². The monoisotopic (exact) mass is 415 g/mol. The number of likely N-dealkylation sites (tertiary alicyclic amines) is 1. The zero-order valence-electron chi connectivity index (χ0n) is 17.2. The number of methoxy groups -OCH3 is 1. The molecule has 4 rings (SSSR count). The number of amides is 1. The van der Waals surface area contributed by atoms with Gasteiger partial charge in [0.2, 0.25) is 5.91 Å². The Morgan fingerprint density at radius 3 is 2.62 bits per heavy atom. The average Bonchev–Trinajstić information content (AvgIpc) is 3.44. The molecule has 0 spiro atoms. The Morgan fingerprint density at radius 2 is 1.93 bits per heavy atom. The molecule has 2 saturated heterocycles. The van der Waals surface area contributed by atoms with Crippen LogP contribution in [0.2, 0.25) is 0 Å². The second-order valence-corrected chi connectivity index (χ2v) is 8.44. The van der Waals surface area contributed by atoms with Crippen molar-refractivity contribution < 1.29 is 9.53 Å². The maximum Gasteiger partial charge on any atom is 0.236 e. The summed E-state index contributed by atoms with van der Waals surface area (Å²) >= 11 is 1.37. The summed E-state index contributed by atoms with van der Waals surface area (Å²) in [7, 11) is 1.68. The molecule has 0 N–H and O–H groups in total.